The molecular formula is C124H80N8. The van der Waals surface area contributed by atoms with Gasteiger partial charge in [-0.3, -0.25) is 4.98 Å². The third-order valence-corrected chi connectivity index (χ3v) is 25.1. The number of rotatable bonds is 16. The first-order valence-corrected chi connectivity index (χ1v) is 44.5. The van der Waals surface area contributed by atoms with Crippen molar-refractivity contribution in [3.05, 3.63) is 485 Å². The summed E-state index contributed by atoms with van der Waals surface area (Å²) in [5.74, 6) is 3.75. The maximum Gasteiger partial charge on any atom is 0.164 e. The van der Waals surface area contributed by atoms with E-state index in [1.807, 2.05) is 30.5 Å². The Morgan fingerprint density at radius 2 is 0.386 bits per heavy atom. The third-order valence-electron chi connectivity index (χ3n) is 25.1. The van der Waals surface area contributed by atoms with Crippen molar-refractivity contribution in [1.29, 1.82) is 0 Å². The van der Waals surface area contributed by atoms with Gasteiger partial charge in [0.25, 0.3) is 0 Å². The Morgan fingerprint density at radius 3 is 0.773 bits per heavy atom. The van der Waals surface area contributed by atoms with E-state index >= 15 is 0 Å². The minimum Gasteiger partial charge on any atom is -0.255 e. The van der Waals surface area contributed by atoms with Crippen molar-refractivity contribution in [3.63, 3.8) is 0 Å². The van der Waals surface area contributed by atoms with Crippen molar-refractivity contribution in [3.8, 4) is 180 Å². The Kier molecular flexibility index (Phi) is 20.9. The molecule has 0 bridgehead atoms. The van der Waals surface area contributed by atoms with Crippen molar-refractivity contribution < 1.29 is 0 Å². The molecule has 0 saturated heterocycles. The molecule has 0 radical (unpaired) electrons. The lowest BCUT2D eigenvalue weighted by molar-refractivity contribution is 1.07. The van der Waals surface area contributed by atoms with Gasteiger partial charge in [-0.1, -0.05) is 443 Å². The second-order valence-electron chi connectivity index (χ2n) is 33.3. The number of hydrogen-bond acceptors (Lipinski definition) is 8. The smallest absolute Gasteiger partial charge is 0.164 e. The Hall–Kier alpha value is -17.7. The molecule has 4 heterocycles. The van der Waals surface area contributed by atoms with Gasteiger partial charge in [0.05, 0.1) is 16.7 Å². The minimum absolute atomic E-state index is 0.619. The first-order chi connectivity index (χ1) is 65.3. The summed E-state index contributed by atoms with van der Waals surface area (Å²) in [7, 11) is 0. The van der Waals surface area contributed by atoms with Gasteiger partial charge in [0.15, 0.2) is 34.9 Å². The molecule has 24 aromatic rings. The van der Waals surface area contributed by atoms with Crippen LogP contribution in [-0.2, 0) is 0 Å². The van der Waals surface area contributed by atoms with Gasteiger partial charge in [0.2, 0.25) is 0 Å². The Bertz CT molecular complexity index is 8230. The van der Waals surface area contributed by atoms with E-state index < -0.39 is 0 Å². The lowest BCUT2D eigenvalue weighted by atomic mass is 9.93. The fraction of sp³-hybridized carbons (Fsp3) is 0. The summed E-state index contributed by atoms with van der Waals surface area (Å²) in [6.07, 6.45) is 2.01. The van der Waals surface area contributed by atoms with Crippen LogP contribution in [0.15, 0.2) is 485 Å². The zero-order valence-corrected chi connectivity index (χ0v) is 71.8. The number of hydrogen-bond donors (Lipinski definition) is 0. The third kappa shape index (κ3) is 15.9. The Morgan fingerprint density at radius 1 is 0.129 bits per heavy atom. The highest BCUT2D eigenvalue weighted by Crippen LogP contribution is 2.42. The summed E-state index contributed by atoms with van der Waals surface area (Å²) in [5, 5.41) is 12.0. The van der Waals surface area contributed by atoms with Gasteiger partial charge >= 0.3 is 0 Å². The number of para-hydroxylation sites is 1. The molecule has 0 aliphatic rings. The van der Waals surface area contributed by atoms with Crippen molar-refractivity contribution in [1.82, 2.24) is 39.9 Å². The van der Waals surface area contributed by atoms with E-state index in [0.29, 0.717) is 34.9 Å². The van der Waals surface area contributed by atoms with Crippen LogP contribution in [0.3, 0.4) is 0 Å². The number of nitrogens with zero attached hydrogens (tertiary/aromatic N) is 8. The summed E-state index contributed by atoms with van der Waals surface area (Å²) in [6, 6.07) is 169. The van der Waals surface area contributed by atoms with Crippen molar-refractivity contribution >= 4 is 64.9 Å². The molecule has 0 fully saturated rings. The molecule has 8 heteroatoms. The molecule has 4 aromatic heterocycles. The molecule has 0 amide bonds. The van der Waals surface area contributed by atoms with Crippen LogP contribution in [-0.4, -0.2) is 39.9 Å². The zero-order valence-electron chi connectivity index (χ0n) is 71.8. The van der Waals surface area contributed by atoms with Crippen LogP contribution in [0, 0.1) is 0 Å². The van der Waals surface area contributed by atoms with Crippen LogP contribution in [0.5, 0.6) is 0 Å². The van der Waals surface area contributed by atoms with Gasteiger partial charge < -0.3 is 0 Å². The lowest BCUT2D eigenvalue weighted by Crippen LogP contribution is -2.00. The molecule has 0 aliphatic carbocycles. The summed E-state index contributed by atoms with van der Waals surface area (Å²) in [6.45, 7) is 0. The van der Waals surface area contributed by atoms with Gasteiger partial charge in [-0.05, 0) is 163 Å². The normalized spacial score (nSPS) is 11.3. The Balaban J connectivity index is 0.000000150. The van der Waals surface area contributed by atoms with E-state index in [2.05, 4.69) is 455 Å². The standard InChI is InChI=1S/2C62H40N4/c1-3-11-41(12-4-1)43-21-27-47(28-22-43)60-64-61(48-29-23-44(24-30-48)42-13-5-2-6-14-42)66-62(65-60)49-31-25-45(26-32-49)50-16-9-17-51(37-50)52-18-10-19-53(38-52)55-39-54-34-35-57-56-20-8-7-15-46(56)33-36-58(57)59(54)63-40-55;1-3-13-41(14-4-1)43-25-31-47(32-26-43)60-64-61(48-33-27-44(28-34-48)42-15-5-2-6-16-42)66-62(65-60)49-35-29-45(30-36-49)50-18-11-19-51(39-50)52-20-12-21-53(40-52)59-58-54-22-8-7-17-46(54)37-38-56(58)55-23-9-10-24-57(55)63-59/h2*1-40H. The fourth-order valence-electron chi connectivity index (χ4n) is 18.2. The molecule has 24 rings (SSSR count). The monoisotopic (exact) mass is 1680 g/mol. The minimum atomic E-state index is 0.619. The molecule has 0 unspecified atom stereocenters. The van der Waals surface area contributed by atoms with E-state index in [1.54, 1.807) is 0 Å². The van der Waals surface area contributed by atoms with Crippen LogP contribution in [0.2, 0.25) is 0 Å². The van der Waals surface area contributed by atoms with Crippen molar-refractivity contribution in [2.45, 2.75) is 0 Å². The average Bonchev–Trinajstić information content (AvgIpc) is 0.748. The Labute approximate surface area is 764 Å². The van der Waals surface area contributed by atoms with Gasteiger partial charge in [-0.25, -0.2) is 34.9 Å². The van der Waals surface area contributed by atoms with Crippen LogP contribution in [0.1, 0.15) is 0 Å². The zero-order chi connectivity index (χ0) is 87.6. The van der Waals surface area contributed by atoms with Crippen molar-refractivity contribution in [2.75, 3.05) is 0 Å². The quantitative estimate of drug-likeness (QED) is 0.0882. The highest BCUT2D eigenvalue weighted by atomic mass is 15.0. The van der Waals surface area contributed by atoms with Gasteiger partial charge in [0.1, 0.15) is 0 Å². The topological polar surface area (TPSA) is 103 Å². The SMILES string of the molecule is c1ccc(-c2ccc(-c3nc(-c4ccc(-c5ccccc5)cc4)nc(-c4ccc(-c5cccc(-c6cccc(-c7cnc8c(ccc9c%10ccccc%10ccc98)c7)c6)c5)cc4)n3)cc2)cc1.c1ccc(-c2ccc(-c3nc(-c4ccc(-c5ccccc5)cc4)nc(-c4ccc(-c5cccc(-c6cccc(-c7nc8ccccc8c8ccc9ccccc9c78)c6)c5)cc4)n3)cc2)cc1. The maximum atomic E-state index is 5.32. The molecule has 0 atom stereocenters. The molecule has 8 nitrogen and oxygen atoms in total. The predicted molar refractivity (Wildman–Crippen MR) is 547 cm³/mol. The number of fused-ring (bicyclic) bond motifs is 10. The number of aromatic nitrogens is 8. The predicted octanol–water partition coefficient (Wildman–Crippen LogP) is 32.1. The summed E-state index contributed by atoms with van der Waals surface area (Å²) in [5.41, 5.74) is 30.1. The van der Waals surface area contributed by atoms with E-state index in [4.69, 9.17) is 39.9 Å². The average molecular weight is 1680 g/mol. The second kappa shape index (κ2) is 34.9. The second-order valence-corrected chi connectivity index (χ2v) is 33.3. The summed E-state index contributed by atoms with van der Waals surface area (Å²) in [4.78, 5) is 40.7. The first kappa shape index (κ1) is 79.0. The molecule has 132 heavy (non-hydrogen) atoms. The largest absolute Gasteiger partial charge is 0.255 e. The molecule has 0 N–H and O–H groups in total. The van der Waals surface area contributed by atoms with E-state index in [9.17, 15) is 0 Å². The lowest BCUT2D eigenvalue weighted by Gasteiger charge is -2.14. The van der Waals surface area contributed by atoms with Crippen LogP contribution >= 0.6 is 0 Å². The summed E-state index contributed by atoms with van der Waals surface area (Å²) < 4.78 is 0. The molecule has 0 spiro atoms. The van der Waals surface area contributed by atoms with Crippen LogP contribution in [0.25, 0.3) is 245 Å². The fourth-order valence-corrected chi connectivity index (χ4v) is 18.2. The van der Waals surface area contributed by atoms with Gasteiger partial charge in [-0.2, -0.15) is 0 Å². The van der Waals surface area contributed by atoms with Gasteiger partial charge in [0, 0.05) is 72.2 Å². The molecule has 616 valence electrons. The van der Waals surface area contributed by atoms with E-state index in [1.165, 1.54) is 65.3 Å². The molecule has 20 aromatic carbocycles. The van der Waals surface area contributed by atoms with Crippen molar-refractivity contribution in [2.24, 2.45) is 0 Å². The number of benzene rings is 20. The van der Waals surface area contributed by atoms with Gasteiger partial charge in [-0.15, -0.1) is 0 Å². The van der Waals surface area contributed by atoms with E-state index in [-0.39, 0.29) is 0 Å². The maximum absolute atomic E-state index is 5.32. The highest BCUT2D eigenvalue weighted by molar-refractivity contribution is 6.21. The molecule has 0 saturated carbocycles. The van der Waals surface area contributed by atoms with Crippen LogP contribution < -0.4 is 0 Å². The van der Waals surface area contributed by atoms with E-state index in [0.717, 1.165) is 144 Å². The number of pyridine rings is 2. The highest BCUT2D eigenvalue weighted by Gasteiger charge is 2.21. The summed E-state index contributed by atoms with van der Waals surface area (Å²) >= 11 is 0. The van der Waals surface area contributed by atoms with Crippen LogP contribution in [0.4, 0.5) is 0 Å². The molecule has 0 aliphatic heterocycles. The molecular weight excluding hydrogens is 1600 g/mol. The first-order valence-electron chi connectivity index (χ1n) is 44.5.